The Morgan fingerprint density at radius 2 is 1.70 bits per heavy atom. The molecule has 0 aliphatic carbocycles. The summed E-state index contributed by atoms with van der Waals surface area (Å²) < 4.78 is 1.64. The quantitative estimate of drug-likeness (QED) is 0.720. The highest BCUT2D eigenvalue weighted by Crippen LogP contribution is 2.29. The smallest absolute Gasteiger partial charge is 0.188 e. The number of rotatable bonds is 2. The number of nitrogens with zero attached hydrogens (tertiary/aromatic N) is 4. The molecule has 1 aromatic heterocycles. The van der Waals surface area contributed by atoms with Gasteiger partial charge in [-0.05, 0) is 47.2 Å². The third-order valence-electron chi connectivity index (χ3n) is 3.05. The Bertz CT molecular complexity index is 767. The average Bonchev–Trinajstić information content (AvgIpc) is 2.91. The van der Waals surface area contributed by atoms with Gasteiger partial charge in [0.1, 0.15) is 0 Å². The number of tetrazole rings is 1. The van der Waals surface area contributed by atoms with Crippen molar-refractivity contribution in [1.29, 1.82) is 0 Å². The van der Waals surface area contributed by atoms with E-state index in [1.165, 1.54) is 0 Å². The Morgan fingerprint density at radius 1 is 0.950 bits per heavy atom. The fraction of sp³-hybridized carbons (Fsp3) is 0.0714. The molecule has 0 unspecified atom stereocenters. The van der Waals surface area contributed by atoms with Crippen LogP contribution < -0.4 is 0 Å². The van der Waals surface area contributed by atoms with Crippen molar-refractivity contribution in [2.75, 3.05) is 0 Å². The Hall–Kier alpha value is -1.91. The molecule has 100 valence electrons. The first-order valence-electron chi connectivity index (χ1n) is 5.97. The second kappa shape index (κ2) is 5.23. The second-order valence-corrected chi connectivity index (χ2v) is 5.09. The first kappa shape index (κ1) is 13.1. The minimum Gasteiger partial charge on any atom is -0.192 e. The highest BCUT2D eigenvalue weighted by atomic mass is 35.5. The fourth-order valence-electron chi connectivity index (χ4n) is 1.99. The van der Waals surface area contributed by atoms with Gasteiger partial charge in [-0.3, -0.25) is 0 Å². The molecule has 6 heteroatoms. The Labute approximate surface area is 126 Å². The predicted molar refractivity (Wildman–Crippen MR) is 79.3 cm³/mol. The van der Waals surface area contributed by atoms with Crippen LogP contribution in [0.15, 0.2) is 42.5 Å². The number of hydrogen-bond acceptors (Lipinski definition) is 3. The summed E-state index contributed by atoms with van der Waals surface area (Å²) in [6.07, 6.45) is 0. The van der Waals surface area contributed by atoms with Gasteiger partial charge in [0.2, 0.25) is 0 Å². The average molecular weight is 305 g/mol. The molecule has 1 heterocycles. The lowest BCUT2D eigenvalue weighted by Crippen LogP contribution is -2.02. The van der Waals surface area contributed by atoms with Crippen LogP contribution in [-0.4, -0.2) is 20.2 Å². The van der Waals surface area contributed by atoms with Crippen molar-refractivity contribution in [3.63, 3.8) is 0 Å². The van der Waals surface area contributed by atoms with E-state index in [4.69, 9.17) is 23.2 Å². The molecule has 20 heavy (non-hydrogen) atoms. The third-order valence-corrected chi connectivity index (χ3v) is 3.79. The van der Waals surface area contributed by atoms with Crippen molar-refractivity contribution in [3.8, 4) is 17.1 Å². The van der Waals surface area contributed by atoms with Gasteiger partial charge < -0.3 is 0 Å². The van der Waals surface area contributed by atoms with Crippen LogP contribution in [0.5, 0.6) is 0 Å². The molecule has 3 rings (SSSR count). The van der Waals surface area contributed by atoms with E-state index in [1.54, 1.807) is 10.7 Å². The lowest BCUT2D eigenvalue weighted by atomic mass is 10.1. The van der Waals surface area contributed by atoms with Crippen LogP contribution in [0.2, 0.25) is 10.0 Å². The standard InChI is InChI=1S/C14H10Cl2N4/c1-9-11(15)7-4-8-13(9)20-14(17-18-19-20)10-5-2-3-6-12(10)16/h2-8H,1H3. The van der Waals surface area contributed by atoms with E-state index in [0.717, 1.165) is 16.8 Å². The number of aromatic nitrogens is 4. The third kappa shape index (κ3) is 2.17. The highest BCUT2D eigenvalue weighted by Gasteiger charge is 2.15. The van der Waals surface area contributed by atoms with E-state index in [9.17, 15) is 0 Å². The summed E-state index contributed by atoms with van der Waals surface area (Å²) in [5.41, 5.74) is 2.52. The van der Waals surface area contributed by atoms with Gasteiger partial charge in [0.05, 0.1) is 10.7 Å². The monoisotopic (exact) mass is 304 g/mol. The number of halogens is 2. The first-order chi connectivity index (χ1) is 9.68. The normalized spacial score (nSPS) is 10.8. The van der Waals surface area contributed by atoms with Crippen molar-refractivity contribution in [2.24, 2.45) is 0 Å². The van der Waals surface area contributed by atoms with Crippen molar-refractivity contribution in [3.05, 3.63) is 58.1 Å². The van der Waals surface area contributed by atoms with Crippen LogP contribution in [0, 0.1) is 6.92 Å². The van der Waals surface area contributed by atoms with Gasteiger partial charge in [-0.25, -0.2) is 0 Å². The minimum absolute atomic E-state index is 0.584. The summed E-state index contributed by atoms with van der Waals surface area (Å²) in [4.78, 5) is 0. The van der Waals surface area contributed by atoms with Crippen LogP contribution in [0.1, 0.15) is 5.56 Å². The summed E-state index contributed by atoms with van der Waals surface area (Å²) in [7, 11) is 0. The van der Waals surface area contributed by atoms with E-state index in [-0.39, 0.29) is 0 Å². The molecule has 0 atom stereocenters. The molecule has 2 aromatic carbocycles. The van der Waals surface area contributed by atoms with Gasteiger partial charge in [-0.1, -0.05) is 41.4 Å². The molecule has 4 nitrogen and oxygen atoms in total. The lowest BCUT2D eigenvalue weighted by molar-refractivity contribution is 0.787. The molecule has 0 amide bonds. The molecule has 0 fully saturated rings. The van der Waals surface area contributed by atoms with Crippen LogP contribution in [0.3, 0.4) is 0 Å². The van der Waals surface area contributed by atoms with Gasteiger partial charge in [0.15, 0.2) is 5.82 Å². The molecule has 3 aromatic rings. The molecule has 0 saturated heterocycles. The van der Waals surface area contributed by atoms with Crippen LogP contribution in [0.25, 0.3) is 17.1 Å². The van der Waals surface area contributed by atoms with Crippen molar-refractivity contribution in [2.45, 2.75) is 6.92 Å². The van der Waals surface area contributed by atoms with E-state index < -0.39 is 0 Å². The molecule has 0 bridgehead atoms. The Kier molecular flexibility index (Phi) is 3.42. The van der Waals surface area contributed by atoms with Gasteiger partial charge in [0.25, 0.3) is 0 Å². The largest absolute Gasteiger partial charge is 0.192 e. The van der Waals surface area contributed by atoms with Crippen molar-refractivity contribution in [1.82, 2.24) is 20.2 Å². The number of benzene rings is 2. The first-order valence-corrected chi connectivity index (χ1v) is 6.73. The van der Waals surface area contributed by atoms with E-state index in [1.807, 2.05) is 43.3 Å². The zero-order valence-electron chi connectivity index (χ0n) is 10.6. The molecule has 0 N–H and O–H groups in total. The highest BCUT2D eigenvalue weighted by molar-refractivity contribution is 6.33. The summed E-state index contributed by atoms with van der Waals surface area (Å²) in [5, 5.41) is 13.1. The maximum Gasteiger partial charge on any atom is 0.188 e. The van der Waals surface area contributed by atoms with Gasteiger partial charge >= 0.3 is 0 Å². The van der Waals surface area contributed by atoms with E-state index in [2.05, 4.69) is 15.5 Å². The van der Waals surface area contributed by atoms with Crippen molar-refractivity contribution >= 4 is 23.2 Å². The van der Waals surface area contributed by atoms with Crippen LogP contribution in [0.4, 0.5) is 0 Å². The van der Waals surface area contributed by atoms with Crippen LogP contribution in [-0.2, 0) is 0 Å². The van der Waals surface area contributed by atoms with Gasteiger partial charge in [0, 0.05) is 10.6 Å². The SMILES string of the molecule is Cc1c(Cl)cccc1-n1nnnc1-c1ccccc1Cl. The zero-order chi connectivity index (χ0) is 14.1. The fourth-order valence-corrected chi connectivity index (χ4v) is 2.38. The summed E-state index contributed by atoms with van der Waals surface area (Å²) in [6.45, 7) is 1.93. The molecule has 0 saturated carbocycles. The summed E-state index contributed by atoms with van der Waals surface area (Å²) >= 11 is 12.4. The predicted octanol–water partition coefficient (Wildman–Crippen LogP) is 3.94. The van der Waals surface area contributed by atoms with E-state index in [0.29, 0.717) is 15.9 Å². The molecule has 0 radical (unpaired) electrons. The minimum atomic E-state index is 0.584. The van der Waals surface area contributed by atoms with Crippen molar-refractivity contribution < 1.29 is 0 Å². The zero-order valence-corrected chi connectivity index (χ0v) is 12.1. The molecular weight excluding hydrogens is 295 g/mol. The Morgan fingerprint density at radius 3 is 2.50 bits per heavy atom. The van der Waals surface area contributed by atoms with E-state index >= 15 is 0 Å². The maximum atomic E-state index is 6.21. The summed E-state index contributed by atoms with van der Waals surface area (Å²) in [6, 6.07) is 13.1. The molecule has 0 aliphatic heterocycles. The lowest BCUT2D eigenvalue weighted by Gasteiger charge is -2.09. The van der Waals surface area contributed by atoms with Crippen LogP contribution >= 0.6 is 23.2 Å². The Balaban J connectivity index is 2.21. The van der Waals surface area contributed by atoms with Gasteiger partial charge in [-0.15, -0.1) is 5.10 Å². The number of hydrogen-bond donors (Lipinski definition) is 0. The molecule has 0 spiro atoms. The maximum absolute atomic E-state index is 6.21. The summed E-state index contributed by atoms with van der Waals surface area (Å²) in [5.74, 6) is 0.584. The molecular formula is C14H10Cl2N4. The second-order valence-electron chi connectivity index (χ2n) is 4.28. The molecule has 0 aliphatic rings. The topological polar surface area (TPSA) is 43.6 Å². The van der Waals surface area contributed by atoms with Gasteiger partial charge in [-0.2, -0.15) is 4.68 Å².